The van der Waals surface area contributed by atoms with Crippen LogP contribution in [-0.2, 0) is 6.42 Å². The minimum absolute atomic E-state index is 0.0125. The van der Waals surface area contributed by atoms with Gasteiger partial charge in [0.25, 0.3) is 0 Å². The van der Waals surface area contributed by atoms with Crippen molar-refractivity contribution in [2.45, 2.75) is 18.9 Å². The summed E-state index contributed by atoms with van der Waals surface area (Å²) in [5, 5.41) is 3.86. The van der Waals surface area contributed by atoms with E-state index in [1.165, 1.54) is 11.6 Å². The van der Waals surface area contributed by atoms with Gasteiger partial charge in [-0.3, -0.25) is 0 Å². The predicted octanol–water partition coefficient (Wildman–Crippen LogP) is 5.48. The molecule has 1 nitrogen and oxygen atoms in total. The first-order chi connectivity index (χ1) is 9.54. The molecule has 3 rings (SSSR count). The lowest BCUT2D eigenvalue weighted by Gasteiger charge is -2.17. The van der Waals surface area contributed by atoms with Gasteiger partial charge in [0, 0.05) is 15.6 Å². The molecule has 104 valence electrons. The molecule has 5 heteroatoms. The van der Waals surface area contributed by atoms with Gasteiger partial charge < -0.3 is 5.32 Å². The van der Waals surface area contributed by atoms with Gasteiger partial charge in [0.15, 0.2) is 0 Å². The Morgan fingerprint density at radius 1 is 1.20 bits per heavy atom. The Bertz CT molecular complexity index is 652. The summed E-state index contributed by atoms with van der Waals surface area (Å²) < 4.78 is 27.3. The van der Waals surface area contributed by atoms with Crippen molar-refractivity contribution in [3.63, 3.8) is 0 Å². The molecule has 1 aliphatic carbocycles. The van der Waals surface area contributed by atoms with Crippen molar-refractivity contribution in [2.75, 3.05) is 5.32 Å². The van der Waals surface area contributed by atoms with Crippen LogP contribution in [0.4, 0.5) is 14.5 Å². The van der Waals surface area contributed by atoms with Gasteiger partial charge in [-0.05, 0) is 58.1 Å². The van der Waals surface area contributed by atoms with Crippen molar-refractivity contribution in [3.8, 4) is 0 Å². The van der Waals surface area contributed by atoms with Crippen LogP contribution in [0.3, 0.4) is 0 Å². The third-order valence-corrected chi connectivity index (χ3v) is 4.37. The molecule has 0 radical (unpaired) electrons. The molecular formula is C15H11BrClF2N. The van der Waals surface area contributed by atoms with Gasteiger partial charge in [-0.1, -0.05) is 17.7 Å². The number of fused-ring (bicyclic) bond motifs is 1. The van der Waals surface area contributed by atoms with Crippen molar-refractivity contribution in [1.29, 1.82) is 0 Å². The van der Waals surface area contributed by atoms with E-state index in [1.807, 2.05) is 18.2 Å². The molecule has 0 aromatic heterocycles. The number of hydrogen-bond acceptors (Lipinski definition) is 1. The van der Waals surface area contributed by atoms with Gasteiger partial charge in [0.05, 0.1) is 11.7 Å². The maximum Gasteiger partial charge on any atom is 0.150 e. The van der Waals surface area contributed by atoms with Crippen LogP contribution in [0.25, 0.3) is 0 Å². The van der Waals surface area contributed by atoms with Crippen LogP contribution in [0, 0.1) is 11.6 Å². The smallest absolute Gasteiger partial charge is 0.150 e. The van der Waals surface area contributed by atoms with Gasteiger partial charge in [-0.25, -0.2) is 8.78 Å². The zero-order chi connectivity index (χ0) is 14.3. The highest BCUT2D eigenvalue weighted by Gasteiger charge is 2.24. The largest absolute Gasteiger partial charge is 0.375 e. The lowest BCUT2D eigenvalue weighted by atomic mass is 10.1. The average molecular weight is 359 g/mol. The number of aryl methyl sites for hydroxylation is 1. The molecule has 0 aliphatic heterocycles. The molecule has 0 fully saturated rings. The van der Waals surface area contributed by atoms with Crippen molar-refractivity contribution in [1.82, 2.24) is 0 Å². The molecule has 20 heavy (non-hydrogen) atoms. The second-order valence-corrected chi connectivity index (χ2v) is 6.11. The summed E-state index contributed by atoms with van der Waals surface area (Å²) >= 11 is 9.16. The Kier molecular flexibility index (Phi) is 3.69. The summed E-state index contributed by atoms with van der Waals surface area (Å²) in [6.45, 7) is 0. The molecule has 1 atom stereocenters. The van der Waals surface area contributed by atoms with Gasteiger partial charge in [-0.2, -0.15) is 0 Å². The standard InChI is InChI=1S/C15H11BrClF2N/c16-12-6-10(18)7-13(19)15(12)20-14-4-1-8-5-9(17)2-3-11(8)14/h2-3,5-7,14,20H,1,4H2. The highest BCUT2D eigenvalue weighted by molar-refractivity contribution is 9.10. The first-order valence-electron chi connectivity index (χ1n) is 6.24. The molecule has 0 saturated carbocycles. The van der Waals surface area contributed by atoms with E-state index in [4.69, 9.17) is 11.6 Å². The number of halogens is 4. The van der Waals surface area contributed by atoms with Crippen molar-refractivity contribution < 1.29 is 8.78 Å². The predicted molar refractivity (Wildman–Crippen MR) is 80.2 cm³/mol. The minimum Gasteiger partial charge on any atom is -0.375 e. The van der Waals surface area contributed by atoms with Gasteiger partial charge in [-0.15, -0.1) is 0 Å². The molecule has 1 N–H and O–H groups in total. The van der Waals surface area contributed by atoms with Crippen LogP contribution >= 0.6 is 27.5 Å². The lowest BCUT2D eigenvalue weighted by molar-refractivity contribution is 0.581. The van der Waals surface area contributed by atoms with Gasteiger partial charge in [0.1, 0.15) is 11.6 Å². The molecule has 2 aromatic rings. The highest BCUT2D eigenvalue weighted by atomic mass is 79.9. The molecule has 1 unspecified atom stereocenters. The minimum atomic E-state index is -0.599. The van der Waals surface area contributed by atoms with Crippen molar-refractivity contribution in [3.05, 3.63) is 62.6 Å². The van der Waals surface area contributed by atoms with Crippen LogP contribution in [0.1, 0.15) is 23.6 Å². The van der Waals surface area contributed by atoms with Crippen LogP contribution in [-0.4, -0.2) is 0 Å². The highest BCUT2D eigenvalue weighted by Crippen LogP contribution is 2.37. The summed E-state index contributed by atoms with van der Waals surface area (Å²) in [5.74, 6) is -1.20. The fourth-order valence-corrected chi connectivity index (χ4v) is 3.31. The number of benzene rings is 2. The summed E-state index contributed by atoms with van der Waals surface area (Å²) in [6, 6.07) is 7.87. The monoisotopic (exact) mass is 357 g/mol. The second kappa shape index (κ2) is 5.34. The van der Waals surface area contributed by atoms with Gasteiger partial charge >= 0.3 is 0 Å². The number of nitrogens with one attached hydrogen (secondary N) is 1. The SMILES string of the molecule is Fc1cc(F)c(NC2CCc3cc(Cl)ccc32)c(Br)c1. The average Bonchev–Trinajstić information content (AvgIpc) is 2.76. The van der Waals surface area contributed by atoms with E-state index in [2.05, 4.69) is 21.2 Å². The first-order valence-corrected chi connectivity index (χ1v) is 7.41. The maximum atomic E-state index is 13.9. The topological polar surface area (TPSA) is 12.0 Å². The molecule has 1 aliphatic rings. The maximum absolute atomic E-state index is 13.9. The third kappa shape index (κ3) is 2.54. The van der Waals surface area contributed by atoms with Crippen molar-refractivity contribution >= 4 is 33.2 Å². The lowest BCUT2D eigenvalue weighted by Crippen LogP contribution is -2.09. The van der Waals surface area contributed by atoms with E-state index >= 15 is 0 Å². The normalized spacial score (nSPS) is 17.1. The first kappa shape index (κ1) is 13.8. The summed E-state index contributed by atoms with van der Waals surface area (Å²) in [6.07, 6.45) is 1.76. The molecule has 2 aromatic carbocycles. The van der Waals surface area contributed by atoms with E-state index < -0.39 is 11.6 Å². The Balaban J connectivity index is 1.91. The number of rotatable bonds is 2. The Morgan fingerprint density at radius 3 is 2.75 bits per heavy atom. The Morgan fingerprint density at radius 2 is 2.00 bits per heavy atom. The summed E-state index contributed by atoms with van der Waals surface area (Å²) in [4.78, 5) is 0. The second-order valence-electron chi connectivity index (χ2n) is 4.82. The quantitative estimate of drug-likeness (QED) is 0.749. The van der Waals surface area contributed by atoms with Crippen LogP contribution in [0.15, 0.2) is 34.8 Å². The van der Waals surface area contributed by atoms with E-state index in [-0.39, 0.29) is 6.04 Å². The fourth-order valence-electron chi connectivity index (χ4n) is 2.59. The van der Waals surface area contributed by atoms with Crippen LogP contribution < -0.4 is 5.32 Å². The molecular weight excluding hydrogens is 348 g/mol. The van der Waals surface area contributed by atoms with E-state index in [9.17, 15) is 8.78 Å². The molecule has 0 amide bonds. The Hall–Kier alpha value is -1.13. The zero-order valence-corrected chi connectivity index (χ0v) is 12.7. The Labute approximate surface area is 129 Å². The molecule has 0 spiro atoms. The fraction of sp³-hybridized carbons (Fsp3) is 0.200. The summed E-state index contributed by atoms with van der Waals surface area (Å²) in [7, 11) is 0. The third-order valence-electron chi connectivity index (χ3n) is 3.51. The molecule has 0 heterocycles. The molecule has 0 bridgehead atoms. The van der Waals surface area contributed by atoms with Crippen LogP contribution in [0.2, 0.25) is 5.02 Å². The van der Waals surface area contributed by atoms with E-state index in [0.717, 1.165) is 24.5 Å². The number of hydrogen-bond donors (Lipinski definition) is 1. The number of anilines is 1. The van der Waals surface area contributed by atoms with E-state index in [1.54, 1.807) is 0 Å². The summed E-state index contributed by atoms with van der Waals surface area (Å²) in [5.41, 5.74) is 2.58. The molecule has 0 saturated heterocycles. The van der Waals surface area contributed by atoms with Crippen molar-refractivity contribution in [2.24, 2.45) is 0 Å². The van der Waals surface area contributed by atoms with E-state index in [0.29, 0.717) is 15.2 Å². The van der Waals surface area contributed by atoms with Gasteiger partial charge in [0.2, 0.25) is 0 Å². The van der Waals surface area contributed by atoms with Crippen LogP contribution in [0.5, 0.6) is 0 Å². The zero-order valence-electron chi connectivity index (χ0n) is 10.4.